The highest BCUT2D eigenvalue weighted by atomic mass is 127. The van der Waals surface area contributed by atoms with Gasteiger partial charge < -0.3 is 19.7 Å². The summed E-state index contributed by atoms with van der Waals surface area (Å²) in [6, 6.07) is 18.2. The molecule has 0 aromatic heterocycles. The topological polar surface area (TPSA) is 63.2 Å². The number of piperidine rings is 1. The molecule has 1 aliphatic heterocycles. The van der Waals surface area contributed by atoms with Gasteiger partial charge in [-0.25, -0.2) is 0 Å². The number of rotatable bonds is 7. The molecule has 0 bridgehead atoms. The maximum Gasteiger partial charge on any atom is 0.309 e. The number of ether oxygens (including phenoxy) is 2. The lowest BCUT2D eigenvalue weighted by molar-refractivity contribution is -0.149. The molecule has 168 valence electrons. The first-order valence-corrected chi connectivity index (χ1v) is 10.6. The Balaban J connectivity index is 0.00000341. The molecule has 31 heavy (non-hydrogen) atoms. The third-order valence-corrected chi connectivity index (χ3v) is 5.22. The summed E-state index contributed by atoms with van der Waals surface area (Å²) in [6.45, 7) is 5.09. The van der Waals surface area contributed by atoms with E-state index in [0.29, 0.717) is 19.8 Å². The van der Waals surface area contributed by atoms with Gasteiger partial charge in [0.2, 0.25) is 0 Å². The molecule has 1 saturated heterocycles. The van der Waals surface area contributed by atoms with Gasteiger partial charge in [-0.15, -0.1) is 24.0 Å². The predicted octanol–water partition coefficient (Wildman–Crippen LogP) is 4.23. The predicted molar refractivity (Wildman–Crippen MR) is 134 cm³/mol. The first-order valence-electron chi connectivity index (χ1n) is 10.6. The number of hydrogen-bond donors (Lipinski definition) is 1. The number of aliphatic imine (C=N–C) groups is 1. The average Bonchev–Trinajstić information content (AvgIpc) is 2.80. The lowest BCUT2D eigenvalue weighted by Crippen LogP contribution is -2.46. The number of benzene rings is 2. The van der Waals surface area contributed by atoms with Crippen molar-refractivity contribution in [1.29, 1.82) is 0 Å². The van der Waals surface area contributed by atoms with Gasteiger partial charge >= 0.3 is 5.97 Å². The summed E-state index contributed by atoms with van der Waals surface area (Å²) in [6.07, 6.45) is 1.59. The molecule has 2 aromatic carbocycles. The smallest absolute Gasteiger partial charge is 0.309 e. The van der Waals surface area contributed by atoms with Crippen molar-refractivity contribution >= 4 is 35.9 Å². The van der Waals surface area contributed by atoms with Crippen molar-refractivity contribution in [3.63, 3.8) is 0 Å². The number of nitrogens with zero attached hydrogens (tertiary/aromatic N) is 2. The van der Waals surface area contributed by atoms with E-state index in [1.807, 2.05) is 37.3 Å². The summed E-state index contributed by atoms with van der Waals surface area (Å²) in [5.74, 6) is 1.63. The first-order chi connectivity index (χ1) is 14.7. The molecular weight excluding hydrogens is 505 g/mol. The van der Waals surface area contributed by atoms with Crippen LogP contribution in [0.2, 0.25) is 0 Å². The normalized spacial score (nSPS) is 14.5. The SMILES string of the molecule is CCOC(=O)C1CCN(C(=NC)NCc2cccc(OCc3ccccc3)c2)CC1.I. The molecule has 6 nitrogen and oxygen atoms in total. The highest BCUT2D eigenvalue weighted by molar-refractivity contribution is 14.0. The summed E-state index contributed by atoms with van der Waals surface area (Å²) in [5.41, 5.74) is 2.27. The van der Waals surface area contributed by atoms with Crippen LogP contribution in [-0.4, -0.2) is 43.6 Å². The monoisotopic (exact) mass is 537 g/mol. The number of halogens is 1. The maximum absolute atomic E-state index is 11.9. The van der Waals surface area contributed by atoms with E-state index in [4.69, 9.17) is 9.47 Å². The highest BCUT2D eigenvalue weighted by Gasteiger charge is 2.27. The van der Waals surface area contributed by atoms with Crippen LogP contribution >= 0.6 is 24.0 Å². The fourth-order valence-corrected chi connectivity index (χ4v) is 3.59. The number of carbonyl (C=O) groups is 1. The van der Waals surface area contributed by atoms with Crippen LogP contribution in [-0.2, 0) is 22.7 Å². The van der Waals surface area contributed by atoms with Gasteiger partial charge in [0.25, 0.3) is 0 Å². The standard InChI is InChI=1S/C24H31N3O3.HI/c1-3-29-23(28)21-12-14-27(15-13-21)24(25-2)26-17-20-10-7-11-22(16-20)30-18-19-8-5-4-6-9-19;/h4-11,16,21H,3,12-15,17-18H2,1-2H3,(H,25,26);1H. The van der Waals surface area contributed by atoms with Gasteiger partial charge in [-0.1, -0.05) is 42.5 Å². The molecule has 0 atom stereocenters. The Morgan fingerprint density at radius 2 is 1.81 bits per heavy atom. The van der Waals surface area contributed by atoms with Crippen LogP contribution in [0.3, 0.4) is 0 Å². The van der Waals surface area contributed by atoms with E-state index in [9.17, 15) is 4.79 Å². The number of likely N-dealkylation sites (tertiary alicyclic amines) is 1. The number of nitrogens with one attached hydrogen (secondary N) is 1. The molecule has 7 heteroatoms. The zero-order chi connectivity index (χ0) is 21.2. The minimum Gasteiger partial charge on any atom is -0.489 e. The molecule has 1 aliphatic rings. The van der Waals surface area contributed by atoms with E-state index in [-0.39, 0.29) is 35.9 Å². The van der Waals surface area contributed by atoms with E-state index >= 15 is 0 Å². The minimum absolute atomic E-state index is 0. The summed E-state index contributed by atoms with van der Waals surface area (Å²) >= 11 is 0. The Morgan fingerprint density at radius 3 is 2.48 bits per heavy atom. The first kappa shape index (κ1) is 25.0. The molecule has 2 aromatic rings. The lowest BCUT2D eigenvalue weighted by Gasteiger charge is -2.33. The van der Waals surface area contributed by atoms with Crippen molar-refractivity contribution in [3.05, 3.63) is 65.7 Å². The third-order valence-electron chi connectivity index (χ3n) is 5.22. The van der Waals surface area contributed by atoms with Gasteiger partial charge in [0.05, 0.1) is 12.5 Å². The van der Waals surface area contributed by atoms with Crippen molar-refractivity contribution in [2.45, 2.75) is 32.9 Å². The van der Waals surface area contributed by atoms with Gasteiger partial charge in [-0.2, -0.15) is 0 Å². The minimum atomic E-state index is -0.0765. The van der Waals surface area contributed by atoms with Crippen molar-refractivity contribution in [1.82, 2.24) is 10.2 Å². The van der Waals surface area contributed by atoms with E-state index in [1.54, 1.807) is 7.05 Å². The second-order valence-corrected chi connectivity index (χ2v) is 7.34. The van der Waals surface area contributed by atoms with Gasteiger partial charge in [0, 0.05) is 26.7 Å². The molecular formula is C24H32IN3O3. The Labute approximate surface area is 202 Å². The van der Waals surface area contributed by atoms with E-state index in [1.165, 1.54) is 0 Å². The van der Waals surface area contributed by atoms with Crippen LogP contribution < -0.4 is 10.1 Å². The van der Waals surface area contributed by atoms with E-state index < -0.39 is 0 Å². The number of hydrogen-bond acceptors (Lipinski definition) is 4. The summed E-state index contributed by atoms with van der Waals surface area (Å²) in [7, 11) is 1.79. The number of carbonyl (C=O) groups excluding carboxylic acids is 1. The van der Waals surface area contributed by atoms with Gasteiger partial charge in [-0.3, -0.25) is 9.79 Å². The van der Waals surface area contributed by atoms with Crippen LogP contribution in [0.15, 0.2) is 59.6 Å². The third kappa shape index (κ3) is 7.72. The zero-order valence-electron chi connectivity index (χ0n) is 18.3. The van der Waals surface area contributed by atoms with E-state index in [2.05, 4.69) is 39.5 Å². The fourth-order valence-electron chi connectivity index (χ4n) is 3.59. The molecule has 1 fully saturated rings. The molecule has 0 aliphatic carbocycles. The van der Waals surface area contributed by atoms with Crippen molar-refractivity contribution in [2.24, 2.45) is 10.9 Å². The van der Waals surface area contributed by atoms with Crippen LogP contribution in [0.25, 0.3) is 0 Å². The highest BCUT2D eigenvalue weighted by Crippen LogP contribution is 2.19. The van der Waals surface area contributed by atoms with Crippen LogP contribution in [0.1, 0.15) is 30.9 Å². The van der Waals surface area contributed by atoms with Crippen LogP contribution in [0, 0.1) is 5.92 Å². The molecule has 1 heterocycles. The summed E-state index contributed by atoms with van der Waals surface area (Å²) < 4.78 is 11.1. The van der Waals surface area contributed by atoms with Crippen molar-refractivity contribution < 1.29 is 14.3 Å². The average molecular weight is 537 g/mol. The van der Waals surface area contributed by atoms with E-state index in [0.717, 1.165) is 48.8 Å². The molecule has 0 amide bonds. The fraction of sp³-hybridized carbons (Fsp3) is 0.417. The van der Waals surface area contributed by atoms with Gasteiger partial charge in [0.15, 0.2) is 5.96 Å². The molecule has 0 saturated carbocycles. The molecule has 0 radical (unpaired) electrons. The van der Waals surface area contributed by atoms with Crippen LogP contribution in [0.4, 0.5) is 0 Å². The summed E-state index contributed by atoms with van der Waals surface area (Å²) in [5, 5.41) is 3.43. The van der Waals surface area contributed by atoms with Crippen molar-refractivity contribution in [2.75, 3.05) is 26.7 Å². The Hall–Kier alpha value is -2.29. The largest absolute Gasteiger partial charge is 0.489 e. The Morgan fingerprint density at radius 1 is 1.10 bits per heavy atom. The number of esters is 1. The van der Waals surface area contributed by atoms with Crippen LogP contribution in [0.5, 0.6) is 5.75 Å². The second kappa shape index (κ2) is 13.2. The molecule has 3 rings (SSSR count). The lowest BCUT2D eigenvalue weighted by atomic mass is 9.97. The Bertz CT molecular complexity index is 837. The van der Waals surface area contributed by atoms with Gasteiger partial charge in [0.1, 0.15) is 12.4 Å². The maximum atomic E-state index is 11.9. The Kier molecular flexibility index (Phi) is 10.6. The molecule has 0 spiro atoms. The zero-order valence-corrected chi connectivity index (χ0v) is 20.6. The van der Waals surface area contributed by atoms with Crippen molar-refractivity contribution in [3.8, 4) is 5.75 Å². The number of guanidine groups is 1. The quantitative estimate of drug-likeness (QED) is 0.248. The summed E-state index contributed by atoms with van der Waals surface area (Å²) in [4.78, 5) is 18.5. The van der Waals surface area contributed by atoms with Gasteiger partial charge in [-0.05, 0) is 43.0 Å². The molecule has 0 unspecified atom stereocenters. The second-order valence-electron chi connectivity index (χ2n) is 7.34. The molecule has 1 N–H and O–H groups in total.